The number of unbranched alkanes of at least 4 members (excludes halogenated alkanes) is 2. The molecule has 0 amide bonds. The second-order valence-electron chi connectivity index (χ2n) is 10.4. The van der Waals surface area contributed by atoms with Gasteiger partial charge in [0.1, 0.15) is 5.82 Å². The molecule has 0 saturated heterocycles. The van der Waals surface area contributed by atoms with Gasteiger partial charge in [-0.15, -0.1) is 0 Å². The van der Waals surface area contributed by atoms with Gasteiger partial charge in [-0.2, -0.15) is 0 Å². The molecule has 1 N–H and O–H groups in total. The lowest BCUT2D eigenvalue weighted by Crippen LogP contribution is -2.26. The van der Waals surface area contributed by atoms with E-state index in [1.807, 2.05) is 13.0 Å². The summed E-state index contributed by atoms with van der Waals surface area (Å²) in [6, 6.07) is 27.3. The van der Waals surface area contributed by atoms with Gasteiger partial charge in [-0.05, 0) is 43.0 Å². The molecule has 3 aromatic carbocycles. The first-order valence-electron chi connectivity index (χ1n) is 14.2. The summed E-state index contributed by atoms with van der Waals surface area (Å²) in [5.74, 6) is 0.237. The van der Waals surface area contributed by atoms with Crippen molar-refractivity contribution in [2.24, 2.45) is 0 Å². The number of aromatic nitrogens is 2. The fraction of sp³-hybridized carbons (Fsp3) is 0.353. The summed E-state index contributed by atoms with van der Waals surface area (Å²) in [6.45, 7) is 10.0. The number of aryl methyl sites for hydroxylation is 1. The molecule has 0 bridgehead atoms. The number of carboxylic acid groups (broad SMARTS) is 1. The van der Waals surface area contributed by atoms with Gasteiger partial charge >= 0.3 is 5.97 Å². The zero-order valence-corrected chi connectivity index (χ0v) is 23.6. The highest BCUT2D eigenvalue weighted by Crippen LogP contribution is 2.31. The van der Waals surface area contributed by atoms with Crippen molar-refractivity contribution < 1.29 is 9.90 Å². The number of imidazole rings is 1. The minimum atomic E-state index is -0.793. The van der Waals surface area contributed by atoms with Gasteiger partial charge in [-0.25, -0.2) is 4.98 Å². The molecule has 0 aliphatic carbocycles. The van der Waals surface area contributed by atoms with Crippen molar-refractivity contribution in [1.29, 1.82) is 0 Å². The molecular formula is C34H41N3O2. The van der Waals surface area contributed by atoms with Gasteiger partial charge in [-0.3, -0.25) is 9.69 Å². The second-order valence-corrected chi connectivity index (χ2v) is 10.4. The molecule has 0 atom stereocenters. The standard InChI is InChI=1S/C34H41N3O2/c1-4-6-20-36(24-27-18-19-30(23-32(38)39)26(3)22-27)25-31-33(28-14-10-8-11-15-28)35-34(37(31)21-7-5-2)29-16-12-9-13-17-29/h8-19,22H,4-7,20-21,23-25H2,1-3H3,(H,38,39). The fourth-order valence-electron chi connectivity index (χ4n) is 5.12. The van der Waals surface area contributed by atoms with E-state index in [0.717, 1.165) is 85.6 Å². The van der Waals surface area contributed by atoms with Crippen molar-refractivity contribution >= 4 is 5.97 Å². The van der Waals surface area contributed by atoms with Gasteiger partial charge in [0.15, 0.2) is 0 Å². The predicted octanol–water partition coefficient (Wildman–Crippen LogP) is 7.76. The molecule has 4 rings (SSSR count). The Hall–Kier alpha value is -3.70. The molecule has 0 aliphatic heterocycles. The monoisotopic (exact) mass is 523 g/mol. The Morgan fingerprint density at radius 2 is 1.54 bits per heavy atom. The third-order valence-electron chi connectivity index (χ3n) is 7.24. The number of hydrogen-bond acceptors (Lipinski definition) is 3. The molecule has 1 aromatic heterocycles. The SMILES string of the molecule is CCCCN(Cc1ccc(CC(=O)O)c(C)c1)Cc1c(-c2ccccc2)nc(-c2ccccc2)n1CCCC. The average molecular weight is 524 g/mol. The van der Waals surface area contributed by atoms with Crippen LogP contribution in [0.15, 0.2) is 78.9 Å². The number of nitrogens with zero attached hydrogens (tertiary/aromatic N) is 3. The highest BCUT2D eigenvalue weighted by Gasteiger charge is 2.22. The molecule has 4 aromatic rings. The predicted molar refractivity (Wildman–Crippen MR) is 160 cm³/mol. The molecule has 1 heterocycles. The van der Waals surface area contributed by atoms with Crippen LogP contribution in [0.2, 0.25) is 0 Å². The molecule has 0 radical (unpaired) electrons. The van der Waals surface area contributed by atoms with Crippen molar-refractivity contribution in [2.45, 2.75) is 72.5 Å². The Balaban J connectivity index is 1.75. The van der Waals surface area contributed by atoms with Crippen LogP contribution in [0.25, 0.3) is 22.6 Å². The summed E-state index contributed by atoms with van der Waals surface area (Å²) in [4.78, 5) is 19.1. The molecule has 204 valence electrons. The maximum atomic E-state index is 11.2. The van der Waals surface area contributed by atoms with Crippen molar-refractivity contribution in [2.75, 3.05) is 6.54 Å². The molecule has 5 heteroatoms. The van der Waals surface area contributed by atoms with E-state index in [1.54, 1.807) is 0 Å². The van der Waals surface area contributed by atoms with Crippen molar-refractivity contribution in [3.05, 3.63) is 101 Å². The lowest BCUT2D eigenvalue weighted by atomic mass is 10.0. The Labute approximate surface area is 233 Å². The summed E-state index contributed by atoms with van der Waals surface area (Å²) in [6.07, 6.45) is 4.52. The maximum Gasteiger partial charge on any atom is 0.307 e. The topological polar surface area (TPSA) is 58.4 Å². The normalized spacial score (nSPS) is 11.3. The number of carboxylic acids is 1. The van der Waals surface area contributed by atoms with E-state index in [9.17, 15) is 9.90 Å². The molecule has 0 unspecified atom stereocenters. The van der Waals surface area contributed by atoms with Gasteiger partial charge < -0.3 is 9.67 Å². The first kappa shape index (κ1) is 28.3. The van der Waals surface area contributed by atoms with Gasteiger partial charge in [0.2, 0.25) is 0 Å². The molecule has 39 heavy (non-hydrogen) atoms. The maximum absolute atomic E-state index is 11.2. The smallest absolute Gasteiger partial charge is 0.307 e. The van der Waals surface area contributed by atoms with Crippen molar-refractivity contribution in [1.82, 2.24) is 14.5 Å². The summed E-state index contributed by atoms with van der Waals surface area (Å²) in [5.41, 5.74) is 7.72. The minimum absolute atomic E-state index is 0.0605. The van der Waals surface area contributed by atoms with E-state index in [2.05, 4.69) is 96.1 Å². The van der Waals surface area contributed by atoms with Gasteiger partial charge in [0.25, 0.3) is 0 Å². The van der Waals surface area contributed by atoms with Crippen LogP contribution >= 0.6 is 0 Å². The lowest BCUT2D eigenvalue weighted by molar-refractivity contribution is -0.136. The number of aliphatic carboxylic acids is 1. The van der Waals surface area contributed by atoms with Crippen LogP contribution in [-0.2, 0) is 30.8 Å². The van der Waals surface area contributed by atoms with E-state index in [4.69, 9.17) is 4.98 Å². The van der Waals surface area contributed by atoms with Crippen molar-refractivity contribution in [3.8, 4) is 22.6 Å². The lowest BCUT2D eigenvalue weighted by Gasteiger charge is -2.24. The molecule has 0 spiro atoms. The Bertz CT molecular complexity index is 1350. The number of rotatable bonds is 14. The van der Waals surface area contributed by atoms with E-state index in [0.29, 0.717) is 0 Å². The quantitative estimate of drug-likeness (QED) is 0.184. The largest absolute Gasteiger partial charge is 0.481 e. The summed E-state index contributed by atoms with van der Waals surface area (Å²) < 4.78 is 2.45. The molecule has 0 fully saturated rings. The van der Waals surface area contributed by atoms with Crippen LogP contribution in [0.3, 0.4) is 0 Å². The Kier molecular flexibility index (Phi) is 10.1. The van der Waals surface area contributed by atoms with Gasteiger partial charge in [0.05, 0.1) is 17.8 Å². The first-order chi connectivity index (χ1) is 19.0. The highest BCUT2D eigenvalue weighted by molar-refractivity contribution is 5.71. The molecular weight excluding hydrogens is 482 g/mol. The summed E-state index contributed by atoms with van der Waals surface area (Å²) in [7, 11) is 0. The summed E-state index contributed by atoms with van der Waals surface area (Å²) in [5, 5.41) is 9.24. The van der Waals surface area contributed by atoms with Crippen LogP contribution in [0, 0.1) is 6.92 Å². The third-order valence-corrected chi connectivity index (χ3v) is 7.24. The average Bonchev–Trinajstić information content (AvgIpc) is 3.30. The Morgan fingerprint density at radius 1 is 0.872 bits per heavy atom. The van der Waals surface area contributed by atoms with Gasteiger partial charge in [0, 0.05) is 30.8 Å². The fourth-order valence-corrected chi connectivity index (χ4v) is 5.12. The zero-order valence-electron chi connectivity index (χ0n) is 23.6. The van der Waals surface area contributed by atoms with E-state index < -0.39 is 5.97 Å². The number of carbonyl (C=O) groups is 1. The van der Waals surface area contributed by atoms with Crippen LogP contribution in [0.5, 0.6) is 0 Å². The van der Waals surface area contributed by atoms with E-state index >= 15 is 0 Å². The van der Waals surface area contributed by atoms with Crippen LogP contribution in [0.1, 0.15) is 61.9 Å². The molecule has 0 saturated carbocycles. The minimum Gasteiger partial charge on any atom is -0.481 e. The van der Waals surface area contributed by atoms with Crippen LogP contribution in [0.4, 0.5) is 0 Å². The van der Waals surface area contributed by atoms with E-state index in [-0.39, 0.29) is 6.42 Å². The summed E-state index contributed by atoms with van der Waals surface area (Å²) >= 11 is 0. The van der Waals surface area contributed by atoms with E-state index in [1.165, 1.54) is 11.3 Å². The highest BCUT2D eigenvalue weighted by atomic mass is 16.4. The van der Waals surface area contributed by atoms with Crippen molar-refractivity contribution in [3.63, 3.8) is 0 Å². The van der Waals surface area contributed by atoms with Gasteiger partial charge in [-0.1, -0.05) is 106 Å². The number of benzene rings is 3. The Morgan fingerprint density at radius 3 is 2.15 bits per heavy atom. The van der Waals surface area contributed by atoms with Crippen LogP contribution in [-0.4, -0.2) is 32.1 Å². The van der Waals surface area contributed by atoms with Crippen LogP contribution < -0.4 is 0 Å². The second kappa shape index (κ2) is 13.9. The zero-order chi connectivity index (χ0) is 27.6. The molecule has 0 aliphatic rings. The first-order valence-corrected chi connectivity index (χ1v) is 14.2. The molecule has 5 nitrogen and oxygen atoms in total. The third kappa shape index (κ3) is 7.45. The number of hydrogen-bond donors (Lipinski definition) is 1.